The largest absolute Gasteiger partial charge is 0.350 e. The second-order valence-electron chi connectivity index (χ2n) is 7.70. The zero-order valence-corrected chi connectivity index (χ0v) is 16.8. The zero-order chi connectivity index (χ0) is 21.9. The fourth-order valence-corrected chi connectivity index (χ4v) is 4.47. The molecule has 0 aliphatic carbocycles. The molecular formula is C23H18N4O4. The van der Waals surface area contributed by atoms with Crippen molar-refractivity contribution in [2.75, 3.05) is 15.5 Å². The maximum absolute atomic E-state index is 13.8. The molecule has 0 radical (unpaired) electrons. The number of para-hydroxylation sites is 2. The number of carbonyl (C=O) groups excluding carboxylic acids is 2. The lowest BCUT2D eigenvalue weighted by atomic mass is 9.90. The van der Waals surface area contributed by atoms with E-state index in [2.05, 4.69) is 10.6 Å². The molecule has 154 valence electrons. The predicted octanol–water partition coefficient (Wildman–Crippen LogP) is 4.09. The summed E-state index contributed by atoms with van der Waals surface area (Å²) in [5.41, 5.74) is 2.04. The molecule has 8 heteroatoms. The summed E-state index contributed by atoms with van der Waals surface area (Å²) in [6, 6.07) is 16.7. The van der Waals surface area contributed by atoms with Crippen molar-refractivity contribution in [1.29, 1.82) is 0 Å². The average Bonchev–Trinajstić information content (AvgIpc) is 3.01. The number of fused-ring (bicyclic) bond motifs is 3. The summed E-state index contributed by atoms with van der Waals surface area (Å²) in [6.07, 6.45) is 0. The van der Waals surface area contributed by atoms with Crippen LogP contribution in [-0.2, 0) is 10.5 Å². The zero-order valence-electron chi connectivity index (χ0n) is 16.8. The third-order valence-corrected chi connectivity index (χ3v) is 5.86. The molecule has 8 nitrogen and oxygen atoms in total. The monoisotopic (exact) mass is 414 g/mol. The Hall–Kier alpha value is -4.20. The van der Waals surface area contributed by atoms with E-state index in [0.717, 1.165) is 11.1 Å². The van der Waals surface area contributed by atoms with Gasteiger partial charge >= 0.3 is 0 Å². The second kappa shape index (κ2) is 6.40. The highest BCUT2D eigenvalue weighted by Crippen LogP contribution is 2.49. The Balaban J connectivity index is 1.87. The lowest BCUT2D eigenvalue weighted by molar-refractivity contribution is -0.384. The maximum Gasteiger partial charge on any atom is 0.276 e. The van der Waals surface area contributed by atoms with Crippen LogP contribution in [0, 0.1) is 24.0 Å². The Morgan fingerprint density at radius 2 is 1.65 bits per heavy atom. The second-order valence-corrected chi connectivity index (χ2v) is 7.70. The van der Waals surface area contributed by atoms with E-state index in [9.17, 15) is 19.7 Å². The molecule has 0 fully saturated rings. The molecule has 0 unspecified atom stereocenters. The number of amides is 2. The Kier molecular flexibility index (Phi) is 3.88. The molecule has 3 aromatic carbocycles. The number of carbonyl (C=O) groups is 2. The van der Waals surface area contributed by atoms with E-state index in [1.165, 1.54) is 23.1 Å². The van der Waals surface area contributed by atoms with Gasteiger partial charge in [0.1, 0.15) is 0 Å². The van der Waals surface area contributed by atoms with Crippen LogP contribution in [-0.4, -0.2) is 16.7 Å². The minimum Gasteiger partial charge on any atom is -0.350 e. The van der Waals surface area contributed by atoms with Gasteiger partial charge in [-0.25, -0.2) is 0 Å². The van der Waals surface area contributed by atoms with Crippen LogP contribution in [0.1, 0.15) is 27.0 Å². The number of nitro benzene ring substituents is 1. The van der Waals surface area contributed by atoms with Gasteiger partial charge < -0.3 is 10.6 Å². The number of rotatable bonds is 2. The van der Waals surface area contributed by atoms with Gasteiger partial charge in [-0.3, -0.25) is 24.6 Å². The molecule has 2 heterocycles. The van der Waals surface area contributed by atoms with Gasteiger partial charge in [0.15, 0.2) is 0 Å². The Morgan fingerprint density at radius 1 is 0.935 bits per heavy atom. The molecule has 1 spiro atoms. The summed E-state index contributed by atoms with van der Waals surface area (Å²) >= 11 is 0. The molecule has 0 saturated heterocycles. The van der Waals surface area contributed by atoms with Gasteiger partial charge in [0, 0.05) is 29.1 Å². The molecule has 0 bridgehead atoms. The fraction of sp³-hybridized carbons (Fsp3) is 0.130. The third-order valence-electron chi connectivity index (χ3n) is 5.86. The Bertz CT molecular complexity index is 1280. The van der Waals surface area contributed by atoms with Gasteiger partial charge in [-0.05, 0) is 43.2 Å². The van der Waals surface area contributed by atoms with Crippen LogP contribution in [0.15, 0.2) is 60.7 Å². The molecule has 5 rings (SSSR count). The first kappa shape index (κ1) is 18.8. The number of nitro groups is 1. The molecular weight excluding hydrogens is 396 g/mol. The molecule has 2 aliphatic heterocycles. The molecule has 2 amide bonds. The maximum atomic E-state index is 13.8. The van der Waals surface area contributed by atoms with Crippen molar-refractivity contribution in [2.45, 2.75) is 19.5 Å². The number of non-ortho nitro benzene ring substituents is 1. The summed E-state index contributed by atoms with van der Waals surface area (Å²) in [6.45, 7) is 3.73. The first-order valence-corrected chi connectivity index (χ1v) is 9.73. The van der Waals surface area contributed by atoms with Crippen LogP contribution < -0.4 is 15.5 Å². The number of nitrogens with one attached hydrogen (secondary N) is 2. The predicted molar refractivity (Wildman–Crippen MR) is 116 cm³/mol. The third kappa shape index (κ3) is 2.48. The topological polar surface area (TPSA) is 105 Å². The highest BCUT2D eigenvalue weighted by molar-refractivity contribution is 6.22. The van der Waals surface area contributed by atoms with Crippen molar-refractivity contribution in [2.24, 2.45) is 0 Å². The van der Waals surface area contributed by atoms with Crippen LogP contribution in [0.2, 0.25) is 0 Å². The highest BCUT2D eigenvalue weighted by Gasteiger charge is 2.58. The molecule has 1 atom stereocenters. The Morgan fingerprint density at radius 3 is 2.35 bits per heavy atom. The van der Waals surface area contributed by atoms with Crippen molar-refractivity contribution >= 4 is 34.6 Å². The van der Waals surface area contributed by atoms with Gasteiger partial charge in [0.2, 0.25) is 5.66 Å². The van der Waals surface area contributed by atoms with E-state index in [1.807, 2.05) is 32.0 Å². The SMILES string of the molecule is Cc1cccc(C)c1N1C(=O)c2ccccc2N[C@]12C(=O)Nc1ccc([N+](=O)[O-])cc12. The lowest BCUT2D eigenvalue weighted by Gasteiger charge is -2.45. The van der Waals surface area contributed by atoms with Crippen LogP contribution in [0.25, 0.3) is 0 Å². The normalized spacial score (nSPS) is 19.0. The van der Waals surface area contributed by atoms with Crippen molar-refractivity contribution in [3.63, 3.8) is 0 Å². The number of nitrogens with zero attached hydrogens (tertiary/aromatic N) is 2. The van der Waals surface area contributed by atoms with E-state index in [1.54, 1.807) is 24.3 Å². The lowest BCUT2D eigenvalue weighted by Crippen LogP contribution is -2.62. The first-order chi connectivity index (χ1) is 14.8. The summed E-state index contributed by atoms with van der Waals surface area (Å²) in [5, 5.41) is 17.5. The summed E-state index contributed by atoms with van der Waals surface area (Å²) < 4.78 is 0. The number of aryl methyl sites for hydroxylation is 2. The molecule has 0 aromatic heterocycles. The number of hydrogen-bond donors (Lipinski definition) is 2. The van der Waals surface area contributed by atoms with Gasteiger partial charge in [0.25, 0.3) is 17.5 Å². The molecule has 31 heavy (non-hydrogen) atoms. The summed E-state index contributed by atoms with van der Waals surface area (Å²) in [5.74, 6) is -0.838. The van der Waals surface area contributed by atoms with Gasteiger partial charge in [-0.2, -0.15) is 0 Å². The van der Waals surface area contributed by atoms with Crippen molar-refractivity contribution < 1.29 is 14.5 Å². The Labute approximate surface area is 177 Å². The first-order valence-electron chi connectivity index (χ1n) is 9.73. The molecule has 3 aromatic rings. The van der Waals surface area contributed by atoms with E-state index < -0.39 is 16.5 Å². The molecule has 2 aliphatic rings. The number of anilines is 3. The van der Waals surface area contributed by atoms with Crippen molar-refractivity contribution in [3.8, 4) is 0 Å². The fourth-order valence-electron chi connectivity index (χ4n) is 4.47. The summed E-state index contributed by atoms with van der Waals surface area (Å²) in [4.78, 5) is 39.7. The quantitative estimate of drug-likeness (QED) is 0.485. The highest BCUT2D eigenvalue weighted by atomic mass is 16.6. The van der Waals surface area contributed by atoms with Crippen LogP contribution in [0.5, 0.6) is 0 Å². The van der Waals surface area contributed by atoms with Crippen LogP contribution >= 0.6 is 0 Å². The van der Waals surface area contributed by atoms with Crippen LogP contribution in [0.4, 0.5) is 22.7 Å². The van der Waals surface area contributed by atoms with E-state index in [-0.39, 0.29) is 11.6 Å². The van der Waals surface area contributed by atoms with Crippen LogP contribution in [0.3, 0.4) is 0 Å². The number of hydrogen-bond acceptors (Lipinski definition) is 5. The van der Waals surface area contributed by atoms with Gasteiger partial charge in [0.05, 0.1) is 16.2 Å². The minimum atomic E-state index is -1.66. The van der Waals surface area contributed by atoms with E-state index >= 15 is 0 Å². The smallest absolute Gasteiger partial charge is 0.276 e. The number of benzene rings is 3. The van der Waals surface area contributed by atoms with Crippen molar-refractivity contribution in [1.82, 2.24) is 0 Å². The molecule has 2 N–H and O–H groups in total. The van der Waals surface area contributed by atoms with Gasteiger partial charge in [-0.15, -0.1) is 0 Å². The van der Waals surface area contributed by atoms with Gasteiger partial charge in [-0.1, -0.05) is 30.3 Å². The average molecular weight is 414 g/mol. The molecule has 0 saturated carbocycles. The minimum absolute atomic E-state index is 0.163. The van der Waals surface area contributed by atoms with Crippen molar-refractivity contribution in [3.05, 3.63) is 93.0 Å². The van der Waals surface area contributed by atoms with E-state index in [4.69, 9.17) is 0 Å². The summed E-state index contributed by atoms with van der Waals surface area (Å²) in [7, 11) is 0. The standard InChI is InChI=1S/C23H18N4O4/c1-13-6-5-7-14(2)20(13)26-21(28)16-8-3-4-9-18(16)25-23(26)17-12-15(27(30)31)10-11-19(17)24-22(23)29/h3-12,25H,1-2H3,(H,24,29)/t23-/m0/s1. The van der Waals surface area contributed by atoms with E-state index in [0.29, 0.717) is 28.2 Å².